The van der Waals surface area contributed by atoms with Crippen LogP contribution in [0.1, 0.15) is 11.6 Å². The van der Waals surface area contributed by atoms with Crippen molar-refractivity contribution in [2.75, 3.05) is 20.7 Å². The maximum absolute atomic E-state index is 13.0. The zero-order chi connectivity index (χ0) is 10.6. The van der Waals surface area contributed by atoms with Crippen molar-refractivity contribution in [1.82, 2.24) is 5.32 Å². The number of halogens is 1. The Balaban J connectivity index is 2.97. The quantitative estimate of drug-likeness (QED) is 0.760. The van der Waals surface area contributed by atoms with Gasteiger partial charge in [0.2, 0.25) is 0 Å². The third-order valence-electron chi connectivity index (χ3n) is 2.02. The predicted molar refractivity (Wildman–Crippen MR) is 53.8 cm³/mol. The smallest absolute Gasteiger partial charge is 0.123 e. The van der Waals surface area contributed by atoms with E-state index in [2.05, 4.69) is 5.32 Å². The van der Waals surface area contributed by atoms with Gasteiger partial charge in [-0.2, -0.15) is 0 Å². The monoisotopic (exact) mass is 198 g/mol. The van der Waals surface area contributed by atoms with Gasteiger partial charge in [0.05, 0.1) is 7.11 Å². The van der Waals surface area contributed by atoms with Crippen LogP contribution in [0.2, 0.25) is 0 Å². The molecule has 0 saturated carbocycles. The fourth-order valence-electron chi connectivity index (χ4n) is 1.32. The molecule has 1 rings (SSSR count). The van der Waals surface area contributed by atoms with Gasteiger partial charge in [0.15, 0.2) is 0 Å². The first-order chi connectivity index (χ1) is 6.69. The van der Waals surface area contributed by atoms with E-state index in [1.807, 2.05) is 0 Å². The molecule has 0 saturated heterocycles. The molecule has 0 aromatic heterocycles. The Hall–Kier alpha value is -1.13. The van der Waals surface area contributed by atoms with Crippen LogP contribution in [-0.4, -0.2) is 20.7 Å². The molecule has 0 bridgehead atoms. The molecule has 3 nitrogen and oxygen atoms in total. The second kappa shape index (κ2) is 4.93. The van der Waals surface area contributed by atoms with Crippen LogP contribution in [-0.2, 0) is 0 Å². The number of methoxy groups -OCH3 is 1. The number of benzene rings is 1. The number of hydrogen-bond acceptors (Lipinski definition) is 3. The Morgan fingerprint density at radius 3 is 2.86 bits per heavy atom. The molecule has 78 valence electrons. The fourth-order valence-corrected chi connectivity index (χ4v) is 1.32. The van der Waals surface area contributed by atoms with E-state index in [9.17, 15) is 4.39 Å². The van der Waals surface area contributed by atoms with E-state index in [1.54, 1.807) is 20.2 Å². The van der Waals surface area contributed by atoms with Crippen molar-refractivity contribution in [1.29, 1.82) is 0 Å². The van der Waals surface area contributed by atoms with Gasteiger partial charge < -0.3 is 15.8 Å². The van der Waals surface area contributed by atoms with Crippen LogP contribution in [0.4, 0.5) is 4.39 Å². The lowest BCUT2D eigenvalue weighted by atomic mass is 10.1. The summed E-state index contributed by atoms with van der Waals surface area (Å²) in [4.78, 5) is 0. The molecule has 1 aromatic rings. The summed E-state index contributed by atoms with van der Waals surface area (Å²) in [5.41, 5.74) is 6.52. The maximum Gasteiger partial charge on any atom is 0.123 e. The van der Waals surface area contributed by atoms with E-state index in [1.165, 1.54) is 12.1 Å². The van der Waals surface area contributed by atoms with Crippen molar-refractivity contribution < 1.29 is 9.13 Å². The summed E-state index contributed by atoms with van der Waals surface area (Å²) in [6.45, 7) is 0.583. The topological polar surface area (TPSA) is 47.3 Å². The number of nitrogens with one attached hydrogen (secondary N) is 1. The van der Waals surface area contributed by atoms with E-state index in [4.69, 9.17) is 10.5 Å². The average molecular weight is 198 g/mol. The first-order valence-electron chi connectivity index (χ1n) is 4.42. The van der Waals surface area contributed by atoms with Crippen molar-refractivity contribution in [3.8, 4) is 5.75 Å². The van der Waals surface area contributed by atoms with Crippen LogP contribution < -0.4 is 15.8 Å². The highest BCUT2D eigenvalue weighted by Crippen LogP contribution is 2.24. The average Bonchev–Trinajstić information content (AvgIpc) is 2.18. The minimum Gasteiger partial charge on any atom is -0.496 e. The lowest BCUT2D eigenvalue weighted by molar-refractivity contribution is 0.403. The number of nitrogens with two attached hydrogens (primary N) is 1. The molecule has 0 spiro atoms. The molecule has 0 aliphatic heterocycles. The normalized spacial score (nSPS) is 12.6. The Morgan fingerprint density at radius 2 is 2.29 bits per heavy atom. The predicted octanol–water partition coefficient (Wildman–Crippen LogP) is 1.05. The molecule has 3 N–H and O–H groups in total. The largest absolute Gasteiger partial charge is 0.496 e. The third kappa shape index (κ3) is 2.43. The van der Waals surface area contributed by atoms with Gasteiger partial charge in [-0.1, -0.05) is 0 Å². The lowest BCUT2D eigenvalue weighted by Gasteiger charge is -2.15. The SMILES string of the molecule is CNCC(N)c1cc(F)ccc1OC. The van der Waals surface area contributed by atoms with Gasteiger partial charge in [0, 0.05) is 18.2 Å². The molecule has 1 atom stereocenters. The van der Waals surface area contributed by atoms with Gasteiger partial charge in [-0.3, -0.25) is 0 Å². The van der Waals surface area contributed by atoms with E-state index in [-0.39, 0.29) is 11.9 Å². The van der Waals surface area contributed by atoms with Crippen LogP contribution in [0.15, 0.2) is 18.2 Å². The number of ether oxygens (including phenoxy) is 1. The molecule has 14 heavy (non-hydrogen) atoms. The second-order valence-electron chi connectivity index (χ2n) is 3.05. The molecular formula is C10H15FN2O. The van der Waals surface area contributed by atoms with E-state index in [0.717, 1.165) is 0 Å². The summed E-state index contributed by atoms with van der Waals surface area (Å²) < 4.78 is 18.0. The van der Waals surface area contributed by atoms with Gasteiger partial charge in [-0.15, -0.1) is 0 Å². The molecule has 0 aliphatic carbocycles. The summed E-state index contributed by atoms with van der Waals surface area (Å²) >= 11 is 0. The first kappa shape index (κ1) is 10.9. The maximum atomic E-state index is 13.0. The Morgan fingerprint density at radius 1 is 1.57 bits per heavy atom. The second-order valence-corrected chi connectivity index (χ2v) is 3.05. The molecular weight excluding hydrogens is 183 g/mol. The summed E-state index contributed by atoms with van der Waals surface area (Å²) in [7, 11) is 3.34. The Labute approximate surface area is 83.1 Å². The van der Waals surface area contributed by atoms with Crippen molar-refractivity contribution in [2.24, 2.45) is 5.73 Å². The highest BCUT2D eigenvalue weighted by Gasteiger charge is 2.11. The summed E-state index contributed by atoms with van der Waals surface area (Å²) in [6, 6.07) is 4.08. The van der Waals surface area contributed by atoms with Crippen LogP contribution >= 0.6 is 0 Å². The van der Waals surface area contributed by atoms with Crippen LogP contribution in [0.25, 0.3) is 0 Å². The van der Waals surface area contributed by atoms with Gasteiger partial charge in [0.1, 0.15) is 11.6 Å². The van der Waals surface area contributed by atoms with E-state index < -0.39 is 0 Å². The number of likely N-dealkylation sites (N-methyl/N-ethyl adjacent to an activating group) is 1. The lowest BCUT2D eigenvalue weighted by Crippen LogP contribution is -2.24. The highest BCUT2D eigenvalue weighted by molar-refractivity contribution is 5.36. The Kier molecular flexibility index (Phi) is 3.85. The van der Waals surface area contributed by atoms with Crippen molar-refractivity contribution in [2.45, 2.75) is 6.04 Å². The standard InChI is InChI=1S/C10H15FN2O/c1-13-6-9(12)8-5-7(11)3-4-10(8)14-2/h3-5,9,13H,6,12H2,1-2H3. The number of hydrogen-bond donors (Lipinski definition) is 2. The van der Waals surface area contributed by atoms with E-state index in [0.29, 0.717) is 17.9 Å². The van der Waals surface area contributed by atoms with Gasteiger partial charge in [-0.25, -0.2) is 4.39 Å². The number of rotatable bonds is 4. The molecule has 4 heteroatoms. The summed E-state index contributed by atoms with van der Waals surface area (Å²) in [5.74, 6) is 0.321. The molecule has 1 unspecified atom stereocenters. The van der Waals surface area contributed by atoms with Gasteiger partial charge in [0.25, 0.3) is 0 Å². The molecule has 0 radical (unpaired) electrons. The van der Waals surface area contributed by atoms with Crippen molar-refractivity contribution in [3.63, 3.8) is 0 Å². The fraction of sp³-hybridized carbons (Fsp3) is 0.400. The summed E-state index contributed by atoms with van der Waals surface area (Å²) in [6.07, 6.45) is 0. The zero-order valence-corrected chi connectivity index (χ0v) is 8.38. The molecule has 0 fully saturated rings. The minimum atomic E-state index is -0.299. The van der Waals surface area contributed by atoms with Crippen molar-refractivity contribution >= 4 is 0 Å². The van der Waals surface area contributed by atoms with Crippen molar-refractivity contribution in [3.05, 3.63) is 29.6 Å². The van der Waals surface area contributed by atoms with Crippen LogP contribution in [0.5, 0.6) is 5.75 Å². The molecule has 0 amide bonds. The molecule has 0 aliphatic rings. The van der Waals surface area contributed by atoms with Gasteiger partial charge >= 0.3 is 0 Å². The Bertz CT molecular complexity index is 304. The van der Waals surface area contributed by atoms with Crippen LogP contribution in [0, 0.1) is 5.82 Å². The zero-order valence-electron chi connectivity index (χ0n) is 8.38. The molecule has 0 heterocycles. The highest BCUT2D eigenvalue weighted by atomic mass is 19.1. The van der Waals surface area contributed by atoms with E-state index >= 15 is 0 Å². The first-order valence-corrected chi connectivity index (χ1v) is 4.42. The minimum absolute atomic E-state index is 0.259. The molecule has 1 aromatic carbocycles. The third-order valence-corrected chi connectivity index (χ3v) is 2.02. The van der Waals surface area contributed by atoms with Crippen LogP contribution in [0.3, 0.4) is 0 Å². The van der Waals surface area contributed by atoms with Gasteiger partial charge in [-0.05, 0) is 25.2 Å². The summed E-state index contributed by atoms with van der Waals surface area (Å²) in [5, 5.41) is 2.93.